The summed E-state index contributed by atoms with van der Waals surface area (Å²) in [6.07, 6.45) is 5.53. The first-order valence-electron chi connectivity index (χ1n) is 8.79. The number of β-amino-alcohol motifs (C(OH)–C–C–N with tert-alkyl or cyclic N) is 1. The lowest BCUT2D eigenvalue weighted by atomic mass is 9.96. The third kappa shape index (κ3) is 5.75. The maximum Gasteiger partial charge on any atom is 0.321 e. The Morgan fingerprint density at radius 3 is 2.39 bits per heavy atom. The van der Waals surface area contributed by atoms with Crippen LogP contribution in [-0.4, -0.2) is 78.3 Å². The van der Waals surface area contributed by atoms with Gasteiger partial charge in [-0.3, -0.25) is 19.9 Å². The third-order valence-electron chi connectivity index (χ3n) is 4.93. The zero-order valence-electron chi connectivity index (χ0n) is 14.1. The molecule has 7 nitrogen and oxygen atoms in total. The number of aliphatic hydroxyl groups is 1. The lowest BCUT2D eigenvalue weighted by molar-refractivity contribution is -0.125. The van der Waals surface area contributed by atoms with E-state index < -0.39 is 0 Å². The summed E-state index contributed by atoms with van der Waals surface area (Å²) in [5, 5.41) is 14.3. The number of hydrogen-bond acceptors (Lipinski definition) is 5. The predicted octanol–water partition coefficient (Wildman–Crippen LogP) is 0.143. The van der Waals surface area contributed by atoms with Gasteiger partial charge in [-0.05, 0) is 19.8 Å². The molecule has 23 heavy (non-hydrogen) atoms. The number of amides is 3. The number of nitrogens with one attached hydrogen (secondary N) is 2. The van der Waals surface area contributed by atoms with E-state index in [9.17, 15) is 9.59 Å². The van der Waals surface area contributed by atoms with Crippen LogP contribution < -0.4 is 10.6 Å². The van der Waals surface area contributed by atoms with E-state index in [2.05, 4.69) is 20.4 Å². The van der Waals surface area contributed by atoms with Gasteiger partial charge in [0.05, 0.1) is 12.6 Å². The van der Waals surface area contributed by atoms with Gasteiger partial charge in [0.1, 0.15) is 0 Å². The molecule has 2 rings (SSSR count). The number of carbonyl (C=O) groups is 2. The number of rotatable bonds is 5. The zero-order chi connectivity index (χ0) is 16.7. The molecule has 1 saturated carbocycles. The third-order valence-corrected chi connectivity index (χ3v) is 4.93. The van der Waals surface area contributed by atoms with Crippen LogP contribution >= 0.6 is 0 Å². The van der Waals surface area contributed by atoms with Gasteiger partial charge < -0.3 is 10.4 Å². The Labute approximate surface area is 138 Å². The smallest absolute Gasteiger partial charge is 0.321 e. The molecule has 3 N–H and O–H groups in total. The van der Waals surface area contributed by atoms with Crippen molar-refractivity contribution in [1.29, 1.82) is 0 Å². The molecule has 0 radical (unpaired) electrons. The van der Waals surface area contributed by atoms with Gasteiger partial charge in [-0.15, -0.1) is 0 Å². The summed E-state index contributed by atoms with van der Waals surface area (Å²) < 4.78 is 0. The quantitative estimate of drug-likeness (QED) is 0.669. The molecule has 1 atom stereocenters. The van der Waals surface area contributed by atoms with Crippen molar-refractivity contribution in [2.45, 2.75) is 51.1 Å². The molecule has 2 aliphatic rings. The van der Waals surface area contributed by atoms with E-state index in [1.54, 1.807) is 0 Å². The van der Waals surface area contributed by atoms with Crippen molar-refractivity contribution in [3.05, 3.63) is 0 Å². The topological polar surface area (TPSA) is 84.9 Å². The van der Waals surface area contributed by atoms with Gasteiger partial charge in [-0.2, -0.15) is 0 Å². The molecule has 2 fully saturated rings. The highest BCUT2D eigenvalue weighted by Crippen LogP contribution is 2.17. The van der Waals surface area contributed by atoms with Crippen LogP contribution in [0.1, 0.15) is 39.0 Å². The average molecular weight is 326 g/mol. The lowest BCUT2D eigenvalue weighted by Crippen LogP contribution is -2.56. The molecule has 1 unspecified atom stereocenters. The highest BCUT2D eigenvalue weighted by molar-refractivity contribution is 5.96. The Bertz CT molecular complexity index is 391. The van der Waals surface area contributed by atoms with Crippen molar-refractivity contribution in [2.24, 2.45) is 0 Å². The van der Waals surface area contributed by atoms with Gasteiger partial charge in [0.15, 0.2) is 0 Å². The first-order chi connectivity index (χ1) is 11.1. The van der Waals surface area contributed by atoms with Crippen molar-refractivity contribution < 1.29 is 14.7 Å². The number of hydrogen-bond donors (Lipinski definition) is 3. The van der Waals surface area contributed by atoms with E-state index in [1.165, 1.54) is 6.42 Å². The summed E-state index contributed by atoms with van der Waals surface area (Å²) in [5.74, 6) is -0.242. The van der Waals surface area contributed by atoms with Crippen molar-refractivity contribution in [3.63, 3.8) is 0 Å². The molecular weight excluding hydrogens is 296 g/mol. The average Bonchev–Trinajstić information content (AvgIpc) is 2.56. The van der Waals surface area contributed by atoms with Crippen LogP contribution in [0.15, 0.2) is 0 Å². The Morgan fingerprint density at radius 2 is 1.78 bits per heavy atom. The highest BCUT2D eigenvalue weighted by Gasteiger charge is 2.26. The van der Waals surface area contributed by atoms with Gasteiger partial charge >= 0.3 is 6.03 Å². The lowest BCUT2D eigenvalue weighted by Gasteiger charge is -2.37. The van der Waals surface area contributed by atoms with Crippen LogP contribution in [0.5, 0.6) is 0 Å². The first-order valence-corrected chi connectivity index (χ1v) is 8.79. The molecule has 7 heteroatoms. The fraction of sp³-hybridized carbons (Fsp3) is 0.875. The Morgan fingerprint density at radius 1 is 1.13 bits per heavy atom. The molecule has 1 aliphatic heterocycles. The molecular formula is C16H30N4O3. The zero-order valence-corrected chi connectivity index (χ0v) is 14.1. The largest absolute Gasteiger partial charge is 0.395 e. The summed E-state index contributed by atoms with van der Waals surface area (Å²) in [7, 11) is 0. The fourth-order valence-electron chi connectivity index (χ4n) is 3.37. The SMILES string of the molecule is CC(C(=O)NC(=O)NC1CCCCC1)N1CCN(CCO)CC1. The Balaban J connectivity index is 1.71. The van der Waals surface area contributed by atoms with Gasteiger partial charge in [-0.25, -0.2) is 4.79 Å². The molecule has 0 bridgehead atoms. The van der Waals surface area contributed by atoms with Crippen molar-refractivity contribution >= 4 is 11.9 Å². The fourth-order valence-corrected chi connectivity index (χ4v) is 3.37. The second kappa shape index (κ2) is 9.20. The summed E-state index contributed by atoms with van der Waals surface area (Å²) in [4.78, 5) is 28.4. The molecule has 1 heterocycles. The number of imide groups is 1. The first kappa shape index (κ1) is 18.2. The standard InChI is InChI=1S/C16H30N4O3/c1-13(20-9-7-19(8-10-20)11-12-21)15(22)18-16(23)17-14-5-3-2-4-6-14/h13-14,21H,2-12H2,1H3,(H2,17,18,22,23). The number of carbonyl (C=O) groups excluding carboxylic acids is 2. The van der Waals surface area contributed by atoms with E-state index in [0.29, 0.717) is 6.54 Å². The van der Waals surface area contributed by atoms with E-state index in [1.807, 2.05) is 6.92 Å². The summed E-state index contributed by atoms with van der Waals surface area (Å²) in [6.45, 7) is 5.91. The Kier molecular flexibility index (Phi) is 7.26. The van der Waals surface area contributed by atoms with Crippen LogP contribution in [-0.2, 0) is 4.79 Å². The Hall–Kier alpha value is -1.18. The van der Waals surface area contributed by atoms with E-state index in [4.69, 9.17) is 5.11 Å². The molecule has 0 aromatic rings. The molecule has 0 aromatic carbocycles. The minimum absolute atomic E-state index is 0.164. The van der Waals surface area contributed by atoms with Crippen LogP contribution in [0.3, 0.4) is 0 Å². The summed E-state index contributed by atoms with van der Waals surface area (Å²) in [6, 6.07) is -0.482. The minimum Gasteiger partial charge on any atom is -0.395 e. The number of aliphatic hydroxyl groups excluding tert-OH is 1. The van der Waals surface area contributed by atoms with Crippen LogP contribution in [0.25, 0.3) is 0 Å². The van der Waals surface area contributed by atoms with E-state index in [0.717, 1.165) is 51.9 Å². The summed E-state index contributed by atoms with van der Waals surface area (Å²) in [5.41, 5.74) is 0. The second-order valence-corrected chi connectivity index (χ2v) is 6.57. The van der Waals surface area contributed by atoms with Crippen molar-refractivity contribution in [1.82, 2.24) is 20.4 Å². The summed E-state index contributed by atoms with van der Waals surface area (Å²) >= 11 is 0. The molecule has 132 valence electrons. The molecule has 0 spiro atoms. The van der Waals surface area contributed by atoms with Crippen LogP contribution in [0.2, 0.25) is 0 Å². The van der Waals surface area contributed by atoms with Gasteiger partial charge in [0, 0.05) is 38.8 Å². The maximum absolute atomic E-state index is 12.2. The van der Waals surface area contributed by atoms with Crippen molar-refractivity contribution in [3.8, 4) is 0 Å². The monoisotopic (exact) mass is 326 g/mol. The van der Waals surface area contributed by atoms with Crippen LogP contribution in [0.4, 0.5) is 4.79 Å². The normalized spacial score (nSPS) is 22.5. The maximum atomic E-state index is 12.2. The highest BCUT2D eigenvalue weighted by atomic mass is 16.3. The molecule has 0 aromatic heterocycles. The van der Waals surface area contributed by atoms with Gasteiger partial charge in [0.25, 0.3) is 0 Å². The number of piperazine rings is 1. The van der Waals surface area contributed by atoms with Gasteiger partial charge in [-0.1, -0.05) is 19.3 Å². The number of nitrogens with zero attached hydrogens (tertiary/aromatic N) is 2. The molecule has 1 saturated heterocycles. The second-order valence-electron chi connectivity index (χ2n) is 6.57. The van der Waals surface area contributed by atoms with Crippen molar-refractivity contribution in [2.75, 3.05) is 39.3 Å². The van der Waals surface area contributed by atoms with E-state index in [-0.39, 0.29) is 30.6 Å². The number of urea groups is 1. The van der Waals surface area contributed by atoms with Gasteiger partial charge in [0.2, 0.25) is 5.91 Å². The van der Waals surface area contributed by atoms with Crippen LogP contribution in [0, 0.1) is 0 Å². The predicted molar refractivity (Wildman–Crippen MR) is 88.1 cm³/mol. The van der Waals surface area contributed by atoms with E-state index >= 15 is 0 Å². The minimum atomic E-state index is -0.368. The molecule has 3 amide bonds. The molecule has 1 aliphatic carbocycles.